The summed E-state index contributed by atoms with van der Waals surface area (Å²) in [6.07, 6.45) is 2.53. The molecule has 146 valence electrons. The van der Waals surface area contributed by atoms with Crippen LogP contribution in [0.15, 0.2) is 59.1 Å². The minimum absolute atomic E-state index is 0.156. The van der Waals surface area contributed by atoms with Crippen molar-refractivity contribution >= 4 is 34.0 Å². The number of carbonyl (C=O) groups excluding carboxylic acids is 1. The quantitative estimate of drug-likeness (QED) is 0.382. The van der Waals surface area contributed by atoms with Gasteiger partial charge in [0.1, 0.15) is 23.9 Å². The van der Waals surface area contributed by atoms with Gasteiger partial charge in [-0.1, -0.05) is 18.2 Å². The fraction of sp³-hybridized carbons (Fsp3) is 0.111. The lowest BCUT2D eigenvalue weighted by molar-refractivity contribution is -0.384. The lowest BCUT2D eigenvalue weighted by Gasteiger charge is -2.07. The van der Waals surface area contributed by atoms with Gasteiger partial charge in [0.15, 0.2) is 5.65 Å². The molecular weight excluding hydrogens is 396 g/mol. The minimum atomic E-state index is -0.526. The molecule has 0 bridgehead atoms. The smallest absolute Gasteiger partial charge is 0.294 e. The molecule has 11 heteroatoms. The molecule has 1 N–H and O–H groups in total. The number of hydrogen-bond acceptors (Lipinski definition) is 7. The van der Waals surface area contributed by atoms with E-state index in [1.165, 1.54) is 45.2 Å². The fourth-order valence-electron chi connectivity index (χ4n) is 2.84. The Labute approximate surface area is 167 Å². The highest BCUT2D eigenvalue weighted by Gasteiger charge is 2.19. The number of thiophene rings is 1. The first-order valence-corrected chi connectivity index (χ1v) is 9.38. The number of aromatic nitrogens is 4. The number of fused-ring (bicyclic) bond motifs is 1. The number of nitrogens with one attached hydrogen (secondary N) is 1. The molecule has 10 nitrogen and oxygen atoms in total. The van der Waals surface area contributed by atoms with Gasteiger partial charge < -0.3 is 5.32 Å². The van der Waals surface area contributed by atoms with E-state index in [0.29, 0.717) is 6.54 Å². The van der Waals surface area contributed by atoms with Gasteiger partial charge in [0, 0.05) is 10.9 Å². The van der Waals surface area contributed by atoms with E-state index in [4.69, 9.17) is 0 Å². The highest BCUT2D eigenvalue weighted by atomic mass is 32.1. The molecule has 1 amide bonds. The van der Waals surface area contributed by atoms with E-state index >= 15 is 0 Å². The Kier molecular flexibility index (Phi) is 4.87. The van der Waals surface area contributed by atoms with Crippen molar-refractivity contribution in [2.45, 2.75) is 13.1 Å². The second kappa shape index (κ2) is 7.64. The Balaban J connectivity index is 1.62. The van der Waals surface area contributed by atoms with Crippen LogP contribution in [-0.2, 0) is 17.9 Å². The third-order valence-electron chi connectivity index (χ3n) is 4.21. The SMILES string of the molecule is O=C(Cn1cnc2c(cnn2-c2ccccc2[N+](=O)[O-])c1=O)NCc1cccs1. The molecule has 0 spiro atoms. The van der Waals surface area contributed by atoms with Crippen LogP contribution in [0.25, 0.3) is 16.7 Å². The first-order valence-electron chi connectivity index (χ1n) is 8.50. The summed E-state index contributed by atoms with van der Waals surface area (Å²) >= 11 is 1.53. The van der Waals surface area contributed by atoms with Gasteiger partial charge in [0.05, 0.1) is 17.7 Å². The van der Waals surface area contributed by atoms with E-state index in [9.17, 15) is 19.7 Å². The molecule has 0 saturated carbocycles. The number of hydrogen-bond donors (Lipinski definition) is 1. The maximum Gasteiger partial charge on any atom is 0.294 e. The Morgan fingerprint density at radius 2 is 2.07 bits per heavy atom. The fourth-order valence-corrected chi connectivity index (χ4v) is 3.49. The third kappa shape index (κ3) is 3.62. The molecule has 0 unspecified atom stereocenters. The predicted octanol–water partition coefficient (Wildman–Crippen LogP) is 1.87. The molecule has 3 heterocycles. The monoisotopic (exact) mass is 410 g/mol. The van der Waals surface area contributed by atoms with Crippen LogP contribution in [0.5, 0.6) is 0 Å². The summed E-state index contributed by atoms with van der Waals surface area (Å²) in [6, 6.07) is 9.85. The zero-order valence-corrected chi connectivity index (χ0v) is 15.7. The average Bonchev–Trinajstić information content (AvgIpc) is 3.38. The molecule has 0 aliphatic heterocycles. The van der Waals surface area contributed by atoms with Crippen molar-refractivity contribution in [2.75, 3.05) is 0 Å². The van der Waals surface area contributed by atoms with E-state index in [0.717, 1.165) is 4.88 Å². The maximum absolute atomic E-state index is 12.7. The molecule has 29 heavy (non-hydrogen) atoms. The van der Waals surface area contributed by atoms with Crippen molar-refractivity contribution in [1.29, 1.82) is 0 Å². The van der Waals surface area contributed by atoms with Gasteiger partial charge in [-0.25, -0.2) is 9.67 Å². The summed E-state index contributed by atoms with van der Waals surface area (Å²) < 4.78 is 2.42. The summed E-state index contributed by atoms with van der Waals surface area (Å²) in [5, 5.41) is 20.2. The number of nitro benzene ring substituents is 1. The van der Waals surface area contributed by atoms with Gasteiger partial charge in [0.25, 0.3) is 11.2 Å². The molecule has 0 aliphatic carbocycles. The lowest BCUT2D eigenvalue weighted by Crippen LogP contribution is -2.32. The molecule has 4 aromatic rings. The number of amides is 1. The molecule has 0 saturated heterocycles. The topological polar surface area (TPSA) is 125 Å². The van der Waals surface area contributed by atoms with E-state index < -0.39 is 10.5 Å². The van der Waals surface area contributed by atoms with Crippen LogP contribution in [0.2, 0.25) is 0 Å². The summed E-state index contributed by atoms with van der Waals surface area (Å²) in [6.45, 7) is 0.195. The molecule has 3 aromatic heterocycles. The summed E-state index contributed by atoms with van der Waals surface area (Å²) in [7, 11) is 0. The van der Waals surface area contributed by atoms with Crippen molar-refractivity contribution in [3.8, 4) is 5.69 Å². The first kappa shape index (κ1) is 18.5. The Morgan fingerprint density at radius 3 is 2.83 bits per heavy atom. The number of rotatable bonds is 6. The highest BCUT2D eigenvalue weighted by molar-refractivity contribution is 7.09. The van der Waals surface area contributed by atoms with Crippen molar-refractivity contribution in [1.82, 2.24) is 24.6 Å². The minimum Gasteiger partial charge on any atom is -0.350 e. The molecule has 0 fully saturated rings. The van der Waals surface area contributed by atoms with Crippen LogP contribution in [0, 0.1) is 10.1 Å². The van der Waals surface area contributed by atoms with Gasteiger partial charge in [-0.3, -0.25) is 24.3 Å². The second-order valence-corrected chi connectivity index (χ2v) is 7.11. The maximum atomic E-state index is 12.7. The Morgan fingerprint density at radius 1 is 1.24 bits per heavy atom. The van der Waals surface area contributed by atoms with Crippen LogP contribution in [0.3, 0.4) is 0 Å². The number of nitro groups is 1. The van der Waals surface area contributed by atoms with Crippen LogP contribution in [0.4, 0.5) is 5.69 Å². The van der Waals surface area contributed by atoms with Gasteiger partial charge in [0.2, 0.25) is 5.91 Å². The number of para-hydroxylation sites is 2. The molecule has 0 atom stereocenters. The number of benzene rings is 1. The van der Waals surface area contributed by atoms with E-state index in [1.54, 1.807) is 12.1 Å². The first-order chi connectivity index (χ1) is 14.0. The van der Waals surface area contributed by atoms with E-state index in [2.05, 4.69) is 15.4 Å². The van der Waals surface area contributed by atoms with Gasteiger partial charge in [-0.2, -0.15) is 5.10 Å². The molecule has 1 aromatic carbocycles. The third-order valence-corrected chi connectivity index (χ3v) is 5.09. The van der Waals surface area contributed by atoms with Crippen LogP contribution < -0.4 is 10.9 Å². The molecule has 0 aliphatic rings. The van der Waals surface area contributed by atoms with Gasteiger partial charge in [-0.05, 0) is 17.5 Å². The van der Waals surface area contributed by atoms with Crippen molar-refractivity contribution in [2.24, 2.45) is 0 Å². The summed E-state index contributed by atoms with van der Waals surface area (Å²) in [4.78, 5) is 40.8. The van der Waals surface area contributed by atoms with Crippen molar-refractivity contribution < 1.29 is 9.72 Å². The summed E-state index contributed by atoms with van der Waals surface area (Å²) in [5.41, 5.74) is -0.229. The average molecular weight is 410 g/mol. The number of carbonyl (C=O) groups is 1. The van der Waals surface area contributed by atoms with Crippen molar-refractivity contribution in [3.05, 3.63) is 79.6 Å². The molecule has 4 rings (SSSR count). The Bertz CT molecular complexity index is 1260. The largest absolute Gasteiger partial charge is 0.350 e. The van der Waals surface area contributed by atoms with Gasteiger partial charge in [-0.15, -0.1) is 11.3 Å². The normalized spacial score (nSPS) is 10.9. The molecule has 0 radical (unpaired) electrons. The standard InChI is InChI=1S/C18H14N6O4S/c25-16(19-8-12-4-3-7-29-12)10-22-11-20-17-13(18(22)26)9-21-23(17)14-5-1-2-6-15(14)24(27)28/h1-7,9,11H,8,10H2,(H,19,25). The zero-order chi connectivity index (χ0) is 20.4. The lowest BCUT2D eigenvalue weighted by atomic mass is 10.2. The summed E-state index contributed by atoms with van der Waals surface area (Å²) in [5.74, 6) is -0.326. The van der Waals surface area contributed by atoms with Gasteiger partial charge >= 0.3 is 0 Å². The zero-order valence-electron chi connectivity index (χ0n) is 14.9. The molecular formula is C18H14N6O4S. The Hall–Kier alpha value is -3.86. The van der Waals surface area contributed by atoms with Crippen LogP contribution in [-0.4, -0.2) is 30.2 Å². The highest BCUT2D eigenvalue weighted by Crippen LogP contribution is 2.23. The van der Waals surface area contributed by atoms with E-state index in [-0.39, 0.29) is 34.9 Å². The second-order valence-electron chi connectivity index (χ2n) is 6.07. The van der Waals surface area contributed by atoms with E-state index in [1.807, 2.05) is 17.5 Å². The van der Waals surface area contributed by atoms with Crippen LogP contribution in [0.1, 0.15) is 4.88 Å². The van der Waals surface area contributed by atoms with Crippen LogP contribution >= 0.6 is 11.3 Å². The van der Waals surface area contributed by atoms with Crippen molar-refractivity contribution in [3.63, 3.8) is 0 Å². The number of nitrogens with zero attached hydrogens (tertiary/aromatic N) is 5. The predicted molar refractivity (Wildman–Crippen MR) is 106 cm³/mol.